The van der Waals surface area contributed by atoms with Gasteiger partial charge >= 0.3 is 0 Å². The van der Waals surface area contributed by atoms with Gasteiger partial charge in [-0.05, 0) is 44.2 Å². The van der Waals surface area contributed by atoms with Crippen molar-refractivity contribution in [2.24, 2.45) is 0 Å². The minimum atomic E-state index is -0.205. The molecule has 1 heterocycles. The van der Waals surface area contributed by atoms with E-state index in [1.165, 1.54) is 7.11 Å². The highest BCUT2D eigenvalue weighted by Crippen LogP contribution is 2.23. The summed E-state index contributed by atoms with van der Waals surface area (Å²) in [6.45, 7) is 3.74. The second kappa shape index (κ2) is 8.01. The smallest absolute Gasteiger partial charge is 0.230 e. The summed E-state index contributed by atoms with van der Waals surface area (Å²) in [6.07, 6.45) is 0.109. The van der Waals surface area contributed by atoms with Gasteiger partial charge in [-0.2, -0.15) is 0 Å². The molecule has 140 valence electrons. The Bertz CT molecular complexity index is 948. The fraction of sp³-hybridized carbons (Fsp3) is 0.250. The number of hydrogen-bond donors (Lipinski definition) is 2. The van der Waals surface area contributed by atoms with Crippen LogP contribution in [0.15, 0.2) is 42.5 Å². The summed E-state index contributed by atoms with van der Waals surface area (Å²) in [7, 11) is 1.53. The molecule has 3 aromatic rings. The Kier molecular flexibility index (Phi) is 5.52. The van der Waals surface area contributed by atoms with Gasteiger partial charge in [-0.1, -0.05) is 22.9 Å². The number of nitrogens with one attached hydrogen (secondary N) is 1. The van der Waals surface area contributed by atoms with Gasteiger partial charge in [0.2, 0.25) is 5.91 Å². The summed E-state index contributed by atoms with van der Waals surface area (Å²) in [5.74, 6) is 0.371. The third kappa shape index (κ3) is 4.15. The summed E-state index contributed by atoms with van der Waals surface area (Å²) in [6, 6.07) is 13.1. The number of ether oxygens (including phenoxy) is 1. The summed E-state index contributed by atoms with van der Waals surface area (Å²) < 4.78 is 6.89. The number of aryl methyl sites for hydroxylation is 1. The van der Waals surface area contributed by atoms with Gasteiger partial charge in [0.15, 0.2) is 0 Å². The standard InChI is InChI=1S/C20H22N4O3/c1-13-4-7-17(8-5-13)24-14(2)18(22-23-24)11-20(26)21-16-6-9-19(27-3)15(10-16)12-25/h4-10,25H,11-12H2,1-3H3,(H,21,26). The minimum absolute atomic E-state index is 0.109. The van der Waals surface area contributed by atoms with Crippen LogP contribution in [-0.2, 0) is 17.8 Å². The van der Waals surface area contributed by atoms with Crippen LogP contribution >= 0.6 is 0 Å². The van der Waals surface area contributed by atoms with Crippen LogP contribution in [0, 0.1) is 13.8 Å². The highest BCUT2D eigenvalue weighted by molar-refractivity contribution is 5.92. The van der Waals surface area contributed by atoms with Crippen LogP contribution in [0.2, 0.25) is 0 Å². The lowest BCUT2D eigenvalue weighted by atomic mass is 10.1. The number of aliphatic hydroxyl groups is 1. The molecule has 0 spiro atoms. The van der Waals surface area contributed by atoms with Crippen LogP contribution in [0.3, 0.4) is 0 Å². The molecule has 0 aliphatic carbocycles. The van der Waals surface area contributed by atoms with Crippen LogP contribution in [-0.4, -0.2) is 33.1 Å². The zero-order valence-corrected chi connectivity index (χ0v) is 15.6. The molecule has 7 heteroatoms. The third-order valence-electron chi connectivity index (χ3n) is 4.33. The third-order valence-corrected chi connectivity index (χ3v) is 4.33. The Balaban J connectivity index is 1.72. The predicted molar refractivity (Wildman–Crippen MR) is 102 cm³/mol. The zero-order chi connectivity index (χ0) is 19.4. The van der Waals surface area contributed by atoms with Crippen LogP contribution in [0.5, 0.6) is 5.75 Å². The van der Waals surface area contributed by atoms with Crippen molar-refractivity contribution in [2.45, 2.75) is 26.9 Å². The summed E-state index contributed by atoms with van der Waals surface area (Å²) in [5.41, 5.74) is 4.70. The summed E-state index contributed by atoms with van der Waals surface area (Å²) in [4.78, 5) is 12.4. The van der Waals surface area contributed by atoms with Crippen molar-refractivity contribution >= 4 is 11.6 Å². The second-order valence-electron chi connectivity index (χ2n) is 6.28. The van der Waals surface area contributed by atoms with Crippen molar-refractivity contribution in [3.8, 4) is 11.4 Å². The maximum absolute atomic E-state index is 12.4. The summed E-state index contributed by atoms with van der Waals surface area (Å²) in [5, 5.41) is 20.5. The molecular weight excluding hydrogens is 344 g/mol. The van der Waals surface area contributed by atoms with Crippen LogP contribution in [0.4, 0.5) is 5.69 Å². The Morgan fingerprint density at radius 3 is 2.59 bits per heavy atom. The van der Waals surface area contributed by atoms with Gasteiger partial charge in [-0.25, -0.2) is 4.68 Å². The number of methoxy groups -OCH3 is 1. The van der Waals surface area contributed by atoms with Crippen LogP contribution < -0.4 is 10.1 Å². The molecule has 0 saturated heterocycles. The van der Waals surface area contributed by atoms with Gasteiger partial charge in [-0.3, -0.25) is 4.79 Å². The molecule has 1 aromatic heterocycles. The largest absolute Gasteiger partial charge is 0.496 e. The molecule has 0 saturated carbocycles. The molecule has 2 N–H and O–H groups in total. The van der Waals surface area contributed by atoms with E-state index >= 15 is 0 Å². The highest BCUT2D eigenvalue weighted by atomic mass is 16.5. The van der Waals surface area contributed by atoms with E-state index in [-0.39, 0.29) is 18.9 Å². The molecule has 3 rings (SSSR count). The zero-order valence-electron chi connectivity index (χ0n) is 15.6. The number of rotatable bonds is 6. The number of amides is 1. The number of benzene rings is 2. The van der Waals surface area contributed by atoms with E-state index in [9.17, 15) is 9.90 Å². The van der Waals surface area contributed by atoms with E-state index in [0.29, 0.717) is 22.7 Å². The molecule has 0 atom stereocenters. The molecule has 0 radical (unpaired) electrons. The number of hydrogen-bond acceptors (Lipinski definition) is 5. The van der Waals surface area contributed by atoms with E-state index in [2.05, 4.69) is 15.6 Å². The fourth-order valence-corrected chi connectivity index (χ4v) is 2.79. The predicted octanol–water partition coefficient (Wildman–Crippen LogP) is 2.57. The van der Waals surface area contributed by atoms with Crippen molar-refractivity contribution in [1.29, 1.82) is 0 Å². The Morgan fingerprint density at radius 1 is 1.19 bits per heavy atom. The SMILES string of the molecule is COc1ccc(NC(=O)Cc2nnn(-c3ccc(C)cc3)c2C)cc1CO. The molecule has 1 amide bonds. The summed E-state index contributed by atoms with van der Waals surface area (Å²) >= 11 is 0. The van der Waals surface area contributed by atoms with Gasteiger partial charge < -0.3 is 15.2 Å². The number of carbonyl (C=O) groups excluding carboxylic acids is 1. The average Bonchev–Trinajstić information content (AvgIpc) is 3.02. The van der Waals surface area contributed by atoms with Gasteiger partial charge in [-0.15, -0.1) is 5.10 Å². The van der Waals surface area contributed by atoms with E-state index in [0.717, 1.165) is 16.9 Å². The molecule has 0 aliphatic heterocycles. The Labute approximate surface area is 157 Å². The Morgan fingerprint density at radius 2 is 1.93 bits per heavy atom. The topological polar surface area (TPSA) is 89.3 Å². The van der Waals surface area contributed by atoms with Crippen molar-refractivity contribution in [1.82, 2.24) is 15.0 Å². The lowest BCUT2D eigenvalue weighted by Crippen LogP contribution is -2.15. The normalized spacial score (nSPS) is 10.7. The van der Waals surface area contributed by atoms with E-state index < -0.39 is 0 Å². The van der Waals surface area contributed by atoms with Gasteiger partial charge in [0.25, 0.3) is 0 Å². The quantitative estimate of drug-likeness (QED) is 0.700. The van der Waals surface area contributed by atoms with Crippen molar-refractivity contribution in [2.75, 3.05) is 12.4 Å². The van der Waals surface area contributed by atoms with E-state index in [1.54, 1.807) is 22.9 Å². The lowest BCUT2D eigenvalue weighted by Gasteiger charge is -2.10. The molecule has 27 heavy (non-hydrogen) atoms. The first-order valence-corrected chi connectivity index (χ1v) is 8.57. The first kappa shape index (κ1) is 18.6. The number of anilines is 1. The minimum Gasteiger partial charge on any atom is -0.496 e. The first-order chi connectivity index (χ1) is 13.0. The number of aromatic nitrogens is 3. The van der Waals surface area contributed by atoms with Gasteiger partial charge in [0.05, 0.1) is 37.2 Å². The maximum Gasteiger partial charge on any atom is 0.230 e. The van der Waals surface area contributed by atoms with E-state index in [4.69, 9.17) is 4.74 Å². The van der Waals surface area contributed by atoms with Gasteiger partial charge in [0.1, 0.15) is 5.75 Å². The molecule has 0 aliphatic rings. The Hall–Kier alpha value is -3.19. The molecule has 2 aromatic carbocycles. The number of nitrogens with zero attached hydrogens (tertiary/aromatic N) is 3. The van der Waals surface area contributed by atoms with E-state index in [1.807, 2.05) is 38.1 Å². The molecule has 0 unspecified atom stereocenters. The highest BCUT2D eigenvalue weighted by Gasteiger charge is 2.14. The number of aliphatic hydroxyl groups excluding tert-OH is 1. The molecule has 0 fully saturated rings. The van der Waals surface area contributed by atoms with Crippen molar-refractivity contribution in [3.05, 3.63) is 65.0 Å². The molecule has 0 bridgehead atoms. The average molecular weight is 366 g/mol. The first-order valence-electron chi connectivity index (χ1n) is 8.57. The van der Waals surface area contributed by atoms with Crippen LogP contribution in [0.25, 0.3) is 5.69 Å². The van der Waals surface area contributed by atoms with Gasteiger partial charge in [0, 0.05) is 11.3 Å². The van der Waals surface area contributed by atoms with Crippen molar-refractivity contribution in [3.63, 3.8) is 0 Å². The molecular formula is C20H22N4O3. The monoisotopic (exact) mass is 366 g/mol. The van der Waals surface area contributed by atoms with Crippen molar-refractivity contribution < 1.29 is 14.6 Å². The fourth-order valence-electron chi connectivity index (χ4n) is 2.79. The lowest BCUT2D eigenvalue weighted by molar-refractivity contribution is -0.115. The van der Waals surface area contributed by atoms with Crippen LogP contribution in [0.1, 0.15) is 22.5 Å². The maximum atomic E-state index is 12.4. The number of carbonyl (C=O) groups is 1. The molecule has 7 nitrogen and oxygen atoms in total. The second-order valence-corrected chi connectivity index (χ2v) is 6.28.